The van der Waals surface area contributed by atoms with Gasteiger partial charge in [0, 0.05) is 13.5 Å². The number of aromatic nitrogens is 4. The van der Waals surface area contributed by atoms with Crippen LogP contribution in [0.4, 0.5) is 0 Å². The maximum atomic E-state index is 10.9. The fourth-order valence-corrected chi connectivity index (χ4v) is 2.53. The molecule has 0 amide bonds. The molecule has 0 aliphatic heterocycles. The molecule has 7 nitrogen and oxygen atoms in total. The van der Waals surface area contributed by atoms with Gasteiger partial charge >= 0.3 is 5.97 Å². The summed E-state index contributed by atoms with van der Waals surface area (Å²) in [5.74, 6) is -0.118. The summed E-state index contributed by atoms with van der Waals surface area (Å²) < 4.78 is 7.22. The first-order valence-electron chi connectivity index (χ1n) is 6.64. The first-order chi connectivity index (χ1) is 9.10. The summed E-state index contributed by atoms with van der Waals surface area (Å²) in [5, 5.41) is 20.6. The van der Waals surface area contributed by atoms with E-state index in [1.807, 2.05) is 6.92 Å². The second-order valence-corrected chi connectivity index (χ2v) is 5.12. The van der Waals surface area contributed by atoms with Gasteiger partial charge in [-0.05, 0) is 36.1 Å². The third-order valence-corrected chi connectivity index (χ3v) is 3.97. The van der Waals surface area contributed by atoms with Crippen molar-refractivity contribution in [2.45, 2.75) is 57.1 Å². The lowest BCUT2D eigenvalue weighted by molar-refractivity contribution is -0.138. The molecular weight excluding hydrogens is 248 g/mol. The van der Waals surface area contributed by atoms with Crippen LogP contribution in [-0.2, 0) is 16.0 Å². The van der Waals surface area contributed by atoms with Gasteiger partial charge in [-0.2, -0.15) is 0 Å². The van der Waals surface area contributed by atoms with Gasteiger partial charge in [-0.25, -0.2) is 4.68 Å². The van der Waals surface area contributed by atoms with Crippen molar-refractivity contribution in [1.29, 1.82) is 0 Å². The van der Waals surface area contributed by atoms with Crippen molar-refractivity contribution in [1.82, 2.24) is 20.2 Å². The lowest BCUT2D eigenvalue weighted by atomic mass is 9.77. The summed E-state index contributed by atoms with van der Waals surface area (Å²) in [7, 11) is 1.71. The molecule has 1 aliphatic rings. The van der Waals surface area contributed by atoms with Crippen molar-refractivity contribution in [3.63, 3.8) is 0 Å². The number of methoxy groups -OCH3 is 1. The summed E-state index contributed by atoms with van der Waals surface area (Å²) in [6.45, 7) is 1.94. The van der Waals surface area contributed by atoms with E-state index < -0.39 is 5.97 Å². The molecule has 106 valence electrons. The number of carboxylic acids is 1. The van der Waals surface area contributed by atoms with Gasteiger partial charge in [0.05, 0.1) is 18.1 Å². The van der Waals surface area contributed by atoms with E-state index in [4.69, 9.17) is 9.84 Å². The summed E-state index contributed by atoms with van der Waals surface area (Å²) in [6, 6.07) is -0.198. The third kappa shape index (κ3) is 2.91. The van der Waals surface area contributed by atoms with E-state index in [0.29, 0.717) is 12.8 Å². The number of carbonyl (C=O) groups is 1. The predicted octanol–water partition coefficient (Wildman–Crippen LogP) is 1.21. The fraction of sp³-hybridized carbons (Fsp3) is 0.833. The molecule has 1 atom stereocenters. The Hall–Kier alpha value is -1.50. The largest absolute Gasteiger partial charge is 0.481 e. The summed E-state index contributed by atoms with van der Waals surface area (Å²) in [4.78, 5) is 10.9. The van der Waals surface area contributed by atoms with Crippen molar-refractivity contribution < 1.29 is 14.6 Å². The van der Waals surface area contributed by atoms with Gasteiger partial charge in [0.1, 0.15) is 0 Å². The zero-order valence-corrected chi connectivity index (χ0v) is 11.4. The van der Waals surface area contributed by atoms with Crippen molar-refractivity contribution in [3.05, 3.63) is 5.82 Å². The lowest BCUT2D eigenvalue weighted by Gasteiger charge is -2.40. The SMILES string of the molecule is CCC(CC(=O)O)n1nnnc1CC1(OC)CCC1. The second-order valence-electron chi connectivity index (χ2n) is 5.12. The number of hydrogen-bond donors (Lipinski definition) is 1. The second kappa shape index (κ2) is 5.64. The maximum Gasteiger partial charge on any atom is 0.305 e. The Balaban J connectivity index is 2.14. The van der Waals surface area contributed by atoms with E-state index in [0.717, 1.165) is 25.1 Å². The molecule has 1 fully saturated rings. The minimum Gasteiger partial charge on any atom is -0.481 e. The van der Waals surface area contributed by atoms with Crippen molar-refractivity contribution in [3.8, 4) is 0 Å². The topological polar surface area (TPSA) is 90.1 Å². The molecule has 1 unspecified atom stereocenters. The van der Waals surface area contributed by atoms with Crippen LogP contribution in [0.15, 0.2) is 0 Å². The van der Waals surface area contributed by atoms with Gasteiger partial charge in [-0.15, -0.1) is 5.10 Å². The van der Waals surface area contributed by atoms with E-state index in [2.05, 4.69) is 15.5 Å². The fourth-order valence-electron chi connectivity index (χ4n) is 2.53. The van der Waals surface area contributed by atoms with Crippen molar-refractivity contribution in [2.24, 2.45) is 0 Å². The molecule has 1 aromatic heterocycles. The summed E-state index contributed by atoms with van der Waals surface area (Å²) in [6.07, 6.45) is 4.53. The van der Waals surface area contributed by atoms with Gasteiger partial charge in [0.25, 0.3) is 0 Å². The third-order valence-electron chi connectivity index (χ3n) is 3.97. The molecule has 19 heavy (non-hydrogen) atoms. The van der Waals surface area contributed by atoms with E-state index in [9.17, 15) is 4.79 Å². The molecule has 0 aromatic carbocycles. The Bertz CT molecular complexity index is 436. The monoisotopic (exact) mass is 268 g/mol. The Labute approximate surface area is 111 Å². The Morgan fingerprint density at radius 2 is 2.32 bits per heavy atom. The molecule has 1 saturated carbocycles. The van der Waals surface area contributed by atoms with Crippen LogP contribution in [0.5, 0.6) is 0 Å². The van der Waals surface area contributed by atoms with Crippen LogP contribution in [0, 0.1) is 0 Å². The molecule has 1 aliphatic carbocycles. The highest BCUT2D eigenvalue weighted by Crippen LogP contribution is 2.37. The lowest BCUT2D eigenvalue weighted by Crippen LogP contribution is -2.42. The van der Waals surface area contributed by atoms with Crippen LogP contribution in [0.1, 0.15) is 50.9 Å². The van der Waals surface area contributed by atoms with Crippen LogP contribution in [0.25, 0.3) is 0 Å². The number of nitrogens with zero attached hydrogens (tertiary/aromatic N) is 4. The van der Waals surface area contributed by atoms with E-state index in [1.54, 1.807) is 11.8 Å². The quantitative estimate of drug-likeness (QED) is 0.799. The van der Waals surface area contributed by atoms with Crippen LogP contribution >= 0.6 is 0 Å². The summed E-state index contributed by atoms with van der Waals surface area (Å²) >= 11 is 0. The molecule has 1 aromatic rings. The van der Waals surface area contributed by atoms with Crippen LogP contribution in [0.2, 0.25) is 0 Å². The average molecular weight is 268 g/mol. The van der Waals surface area contributed by atoms with Crippen molar-refractivity contribution in [2.75, 3.05) is 7.11 Å². The van der Waals surface area contributed by atoms with E-state index in [-0.39, 0.29) is 18.1 Å². The highest BCUT2D eigenvalue weighted by Gasteiger charge is 2.39. The first-order valence-corrected chi connectivity index (χ1v) is 6.64. The molecule has 1 N–H and O–H groups in total. The van der Waals surface area contributed by atoms with Crippen LogP contribution in [0.3, 0.4) is 0 Å². The molecule has 7 heteroatoms. The molecule has 2 rings (SSSR count). The first kappa shape index (κ1) is 13.9. The van der Waals surface area contributed by atoms with Gasteiger partial charge < -0.3 is 9.84 Å². The highest BCUT2D eigenvalue weighted by atomic mass is 16.5. The van der Waals surface area contributed by atoms with Gasteiger partial charge in [-0.1, -0.05) is 6.92 Å². The Morgan fingerprint density at radius 3 is 2.79 bits per heavy atom. The standard InChI is InChI=1S/C12H20N4O3/c1-3-9(7-11(17)18)16-10(13-14-15-16)8-12(19-2)5-4-6-12/h9H,3-8H2,1-2H3,(H,17,18). The number of tetrazole rings is 1. The van der Waals surface area contributed by atoms with Gasteiger partial charge in [-0.3, -0.25) is 4.79 Å². The van der Waals surface area contributed by atoms with Gasteiger partial charge in [0.2, 0.25) is 0 Å². The van der Waals surface area contributed by atoms with E-state index >= 15 is 0 Å². The van der Waals surface area contributed by atoms with E-state index in [1.165, 1.54) is 0 Å². The van der Waals surface area contributed by atoms with Crippen molar-refractivity contribution >= 4 is 5.97 Å². The average Bonchev–Trinajstić information content (AvgIpc) is 2.78. The molecular formula is C12H20N4O3. The van der Waals surface area contributed by atoms with Gasteiger partial charge in [0.15, 0.2) is 5.82 Å². The number of ether oxygens (including phenoxy) is 1. The van der Waals surface area contributed by atoms with Crippen LogP contribution < -0.4 is 0 Å². The minimum absolute atomic E-state index is 0.0362. The molecule has 0 saturated heterocycles. The van der Waals surface area contributed by atoms with Crippen LogP contribution in [-0.4, -0.2) is 44.0 Å². The number of rotatable bonds is 7. The number of aliphatic carboxylic acids is 1. The molecule has 0 spiro atoms. The smallest absolute Gasteiger partial charge is 0.305 e. The normalized spacial score (nSPS) is 18.8. The zero-order chi connectivity index (χ0) is 13.9. The maximum absolute atomic E-state index is 10.9. The Morgan fingerprint density at radius 1 is 1.58 bits per heavy atom. The molecule has 0 radical (unpaired) electrons. The Kier molecular flexibility index (Phi) is 4.14. The molecule has 0 bridgehead atoms. The molecule has 1 heterocycles. The zero-order valence-electron chi connectivity index (χ0n) is 11.4. The predicted molar refractivity (Wildman–Crippen MR) is 66.7 cm³/mol. The highest BCUT2D eigenvalue weighted by molar-refractivity contribution is 5.67. The summed E-state index contributed by atoms with van der Waals surface area (Å²) in [5.41, 5.74) is -0.159. The number of carboxylic acid groups (broad SMARTS) is 1. The minimum atomic E-state index is -0.835. The number of hydrogen-bond acceptors (Lipinski definition) is 5.